The molecule has 11 heteroatoms. The molecule has 3 atom stereocenters. The van der Waals surface area contributed by atoms with Gasteiger partial charge in [0, 0.05) is 52.4 Å². The first-order valence-electron chi connectivity index (χ1n) is 15.1. The maximum absolute atomic E-state index is 12.8. The quantitative estimate of drug-likeness (QED) is 0.112. The highest BCUT2D eigenvalue weighted by Crippen LogP contribution is 2.44. The van der Waals surface area contributed by atoms with Gasteiger partial charge in [0.2, 0.25) is 11.8 Å². The molecule has 2 saturated heterocycles. The topological polar surface area (TPSA) is 118 Å². The van der Waals surface area contributed by atoms with Gasteiger partial charge in [-0.25, -0.2) is 4.79 Å². The van der Waals surface area contributed by atoms with Gasteiger partial charge >= 0.3 is 6.03 Å². The Kier molecular flexibility index (Phi) is 12.3. The van der Waals surface area contributed by atoms with Gasteiger partial charge in [-0.3, -0.25) is 9.59 Å². The Morgan fingerprint density at radius 1 is 0.977 bits per heavy atom. The molecule has 9 nitrogen and oxygen atoms in total. The lowest BCUT2D eigenvalue weighted by atomic mass is 10.0. The van der Waals surface area contributed by atoms with Gasteiger partial charge in [-0.05, 0) is 38.7 Å². The second-order valence-electron chi connectivity index (χ2n) is 11.1. The summed E-state index contributed by atoms with van der Waals surface area (Å²) in [6, 6.07) is 8.11. The number of carbonyl (C=O) groups excluding carboxylic acids is 3. The van der Waals surface area contributed by atoms with Gasteiger partial charge < -0.3 is 30.7 Å². The number of fused-ring (bicyclic) bond motifs is 2. The molecule has 2 fully saturated rings. The molecule has 0 spiro atoms. The van der Waals surface area contributed by atoms with Crippen LogP contribution in [0.15, 0.2) is 29.8 Å². The number of benzene rings is 2. The molecule has 0 saturated carbocycles. The van der Waals surface area contributed by atoms with E-state index in [9.17, 15) is 14.4 Å². The Hall–Kier alpha value is -3.11. The van der Waals surface area contributed by atoms with Crippen molar-refractivity contribution in [2.24, 2.45) is 0 Å². The monoisotopic (exact) mass is 630 g/mol. The highest BCUT2D eigenvalue weighted by Gasteiger charge is 2.42. The number of ether oxygens (including phenoxy) is 2. The molecule has 4 N–H and O–H groups in total. The van der Waals surface area contributed by atoms with Crippen LogP contribution < -0.4 is 30.7 Å². The van der Waals surface area contributed by atoms with E-state index in [0.717, 1.165) is 61.5 Å². The van der Waals surface area contributed by atoms with Crippen molar-refractivity contribution in [3.63, 3.8) is 0 Å². The molecule has 2 aliphatic heterocycles. The minimum absolute atomic E-state index is 0.0571. The minimum atomic E-state index is -0.159. The fourth-order valence-electron chi connectivity index (χ4n) is 5.73. The summed E-state index contributed by atoms with van der Waals surface area (Å²) in [6.07, 6.45) is 8.87. The van der Waals surface area contributed by atoms with E-state index < -0.39 is 0 Å². The zero-order valence-corrected chi connectivity index (χ0v) is 26.8. The van der Waals surface area contributed by atoms with Crippen molar-refractivity contribution in [3.8, 4) is 11.5 Å². The Labute approximate surface area is 263 Å². The number of halogens is 1. The number of nitrogens with one attached hydrogen (secondary N) is 4. The summed E-state index contributed by atoms with van der Waals surface area (Å²) in [6.45, 7) is 3.00. The van der Waals surface area contributed by atoms with Crippen LogP contribution >= 0.6 is 23.4 Å². The number of rotatable bonds is 16. The van der Waals surface area contributed by atoms with Crippen molar-refractivity contribution in [2.75, 3.05) is 33.1 Å². The van der Waals surface area contributed by atoms with Crippen LogP contribution in [-0.2, 0) is 9.59 Å². The summed E-state index contributed by atoms with van der Waals surface area (Å²) in [5.41, 5.74) is 1.13. The molecule has 43 heavy (non-hydrogen) atoms. The molecule has 0 aromatic heterocycles. The summed E-state index contributed by atoms with van der Waals surface area (Å²) in [5.74, 6) is 2.05. The van der Waals surface area contributed by atoms with Gasteiger partial charge in [0.15, 0.2) is 0 Å². The fraction of sp³-hybridized carbons (Fsp3) is 0.531. The molecule has 2 aromatic rings. The largest absolute Gasteiger partial charge is 0.495 e. The van der Waals surface area contributed by atoms with Crippen LogP contribution in [0, 0.1) is 0 Å². The van der Waals surface area contributed by atoms with E-state index in [-0.39, 0.29) is 29.9 Å². The fourth-order valence-corrected chi connectivity index (χ4v) is 7.59. The lowest BCUT2D eigenvalue weighted by Gasteiger charge is -2.16. The predicted octanol–water partition coefficient (Wildman–Crippen LogP) is 5.43. The standard InChI is InChI=1S/C32H43ClN4O5S/c1-20(18-23-27(33)30(42-3)22-13-7-6-12-21(22)29(23)41-2)31(39)35-17-11-5-4-10-16-34-26(38)15-9-8-14-25-28-24(19-43-25)36-32(40)37-28/h6-7,12-13,18,24-25,28H,4-5,8-11,14-17,19H2,1-3H3,(H,34,38)(H,35,39)(H2,36,37,40)/t24?,25?,28-/m0/s1. The van der Waals surface area contributed by atoms with Crippen LogP contribution in [0.25, 0.3) is 16.8 Å². The van der Waals surface area contributed by atoms with Crippen molar-refractivity contribution >= 4 is 58.1 Å². The number of methoxy groups -OCH3 is 2. The van der Waals surface area contributed by atoms with Gasteiger partial charge in [0.05, 0.1) is 31.3 Å². The Morgan fingerprint density at radius 3 is 2.35 bits per heavy atom. The van der Waals surface area contributed by atoms with E-state index in [0.29, 0.717) is 52.4 Å². The van der Waals surface area contributed by atoms with Gasteiger partial charge in [0.25, 0.3) is 0 Å². The number of amides is 4. The molecular weight excluding hydrogens is 588 g/mol. The van der Waals surface area contributed by atoms with Crippen molar-refractivity contribution in [2.45, 2.75) is 75.6 Å². The zero-order valence-electron chi connectivity index (χ0n) is 25.2. The number of hydrogen-bond donors (Lipinski definition) is 4. The predicted molar refractivity (Wildman–Crippen MR) is 174 cm³/mol. The van der Waals surface area contributed by atoms with E-state index in [1.807, 2.05) is 36.0 Å². The second-order valence-corrected chi connectivity index (χ2v) is 12.7. The van der Waals surface area contributed by atoms with E-state index in [2.05, 4.69) is 21.3 Å². The smallest absolute Gasteiger partial charge is 0.315 e. The Morgan fingerprint density at radius 2 is 1.65 bits per heavy atom. The Bertz CT molecular complexity index is 1340. The van der Waals surface area contributed by atoms with Crippen LogP contribution in [0.1, 0.15) is 63.9 Å². The molecule has 4 rings (SSSR count). The SMILES string of the molecule is COc1c(Cl)c(C=C(C)C(=O)NCCCCCCNC(=O)CCCCC2SCC3NC(=O)N[C@@H]32)c(OC)c2ccccc12. The summed E-state index contributed by atoms with van der Waals surface area (Å²) >= 11 is 8.59. The van der Waals surface area contributed by atoms with Crippen molar-refractivity contribution in [1.29, 1.82) is 0 Å². The molecule has 2 aliphatic rings. The van der Waals surface area contributed by atoms with Crippen LogP contribution in [-0.4, -0.2) is 68.2 Å². The van der Waals surface area contributed by atoms with Crippen molar-refractivity contribution in [3.05, 3.63) is 40.4 Å². The summed E-state index contributed by atoms with van der Waals surface area (Å²) in [4.78, 5) is 36.4. The van der Waals surface area contributed by atoms with Gasteiger partial charge in [-0.15, -0.1) is 0 Å². The van der Waals surface area contributed by atoms with E-state index in [4.69, 9.17) is 21.1 Å². The lowest BCUT2D eigenvalue weighted by molar-refractivity contribution is -0.121. The molecule has 0 bridgehead atoms. The van der Waals surface area contributed by atoms with Crippen LogP contribution in [0.3, 0.4) is 0 Å². The summed E-state index contributed by atoms with van der Waals surface area (Å²) < 4.78 is 11.3. The second kappa shape index (κ2) is 16.1. The first kappa shape index (κ1) is 32.8. The molecule has 4 amide bonds. The minimum Gasteiger partial charge on any atom is -0.495 e. The molecule has 234 valence electrons. The Balaban J connectivity index is 1.09. The summed E-state index contributed by atoms with van der Waals surface area (Å²) in [5, 5.41) is 14.5. The van der Waals surface area contributed by atoms with E-state index in [1.54, 1.807) is 27.2 Å². The maximum atomic E-state index is 12.8. The average Bonchev–Trinajstić information content (AvgIpc) is 3.56. The normalized spacial score (nSPS) is 19.5. The van der Waals surface area contributed by atoms with Crippen molar-refractivity contribution < 1.29 is 23.9 Å². The first-order chi connectivity index (χ1) is 20.8. The van der Waals surface area contributed by atoms with Crippen LogP contribution in [0.5, 0.6) is 11.5 Å². The average molecular weight is 631 g/mol. The third-order valence-corrected chi connectivity index (χ3v) is 9.90. The van der Waals surface area contributed by atoms with Gasteiger partial charge in [-0.1, -0.05) is 55.1 Å². The van der Waals surface area contributed by atoms with Gasteiger partial charge in [-0.2, -0.15) is 11.8 Å². The van der Waals surface area contributed by atoms with Crippen LogP contribution in [0.4, 0.5) is 4.79 Å². The highest BCUT2D eigenvalue weighted by molar-refractivity contribution is 8.00. The van der Waals surface area contributed by atoms with Gasteiger partial charge in [0.1, 0.15) is 11.5 Å². The number of urea groups is 1. The molecule has 2 aromatic carbocycles. The third kappa shape index (κ3) is 8.50. The van der Waals surface area contributed by atoms with E-state index in [1.165, 1.54) is 0 Å². The summed E-state index contributed by atoms with van der Waals surface area (Å²) in [7, 11) is 3.16. The maximum Gasteiger partial charge on any atom is 0.315 e. The number of thioether (sulfide) groups is 1. The third-order valence-electron chi connectivity index (χ3n) is 8.02. The molecule has 2 unspecified atom stereocenters. The first-order valence-corrected chi connectivity index (χ1v) is 16.5. The molecule has 0 radical (unpaired) electrons. The lowest BCUT2D eigenvalue weighted by Crippen LogP contribution is -2.36. The highest BCUT2D eigenvalue weighted by atomic mass is 35.5. The zero-order chi connectivity index (χ0) is 30.8. The number of unbranched alkanes of at least 4 members (excludes halogenated alkanes) is 4. The van der Waals surface area contributed by atoms with Crippen LogP contribution in [0.2, 0.25) is 5.02 Å². The molecule has 0 aliphatic carbocycles. The molecule has 2 heterocycles. The number of hydrogen-bond acceptors (Lipinski definition) is 6. The number of carbonyl (C=O) groups is 3. The van der Waals surface area contributed by atoms with Crippen molar-refractivity contribution in [1.82, 2.24) is 21.3 Å². The molecular formula is C32H43ClN4O5S. The van der Waals surface area contributed by atoms with E-state index >= 15 is 0 Å².